The molecule has 0 aliphatic carbocycles. The minimum atomic E-state index is -1.19. The van der Waals surface area contributed by atoms with Gasteiger partial charge < -0.3 is 10.2 Å². The first-order valence-corrected chi connectivity index (χ1v) is 10.1. The Morgan fingerprint density at radius 2 is 1.93 bits per heavy atom. The number of nitrogens with zero attached hydrogens (tertiary/aromatic N) is 2. The molecule has 0 bridgehead atoms. The number of halogens is 2. The third-order valence-corrected chi connectivity index (χ3v) is 5.88. The highest BCUT2D eigenvalue weighted by molar-refractivity contribution is 6.31. The van der Waals surface area contributed by atoms with E-state index < -0.39 is 23.3 Å². The number of hydrogen-bond acceptors (Lipinski definition) is 3. The molecule has 2 aromatic rings. The summed E-state index contributed by atoms with van der Waals surface area (Å²) in [5, 5.41) is 3.04. The van der Waals surface area contributed by atoms with Crippen molar-refractivity contribution in [2.24, 2.45) is 0 Å². The molecule has 6 nitrogen and oxygen atoms in total. The molecule has 2 aliphatic heterocycles. The van der Waals surface area contributed by atoms with Crippen molar-refractivity contribution in [3.63, 3.8) is 0 Å². The van der Waals surface area contributed by atoms with Gasteiger partial charge in [0.05, 0.1) is 18.7 Å². The lowest BCUT2D eigenvalue weighted by atomic mass is 9.88. The summed E-state index contributed by atoms with van der Waals surface area (Å²) in [5.74, 6) is -1.59. The Kier molecular flexibility index (Phi) is 5.24. The summed E-state index contributed by atoms with van der Waals surface area (Å²) in [4.78, 5) is 41.3. The molecule has 2 aromatic carbocycles. The maximum atomic E-state index is 14.2. The highest BCUT2D eigenvalue weighted by atomic mass is 35.5. The minimum Gasteiger partial charge on any atom is -0.336 e. The fourth-order valence-electron chi connectivity index (χ4n) is 4.03. The molecule has 0 unspecified atom stereocenters. The molecule has 1 spiro atoms. The van der Waals surface area contributed by atoms with Crippen molar-refractivity contribution in [1.82, 2.24) is 15.1 Å². The topological polar surface area (TPSA) is 69.7 Å². The molecular weight excluding hydrogens is 409 g/mol. The van der Waals surface area contributed by atoms with Gasteiger partial charge in [-0.25, -0.2) is 9.18 Å². The Hall–Kier alpha value is -2.93. The van der Waals surface area contributed by atoms with E-state index in [9.17, 15) is 18.8 Å². The standard InChI is InChI=1S/C22H21ClFN3O3/c1-14-3-5-15(6-4-14)12-27-20(29)22(25-21(27)30)9-2-10-26(13-22)19(28)17-11-16(23)7-8-18(17)24/h3-8,11H,2,9-10,12-13H2,1H3,(H,25,30)/t22-/m1/s1. The lowest BCUT2D eigenvalue weighted by Gasteiger charge is -2.38. The molecule has 156 valence electrons. The Bertz CT molecular complexity index is 1030. The van der Waals surface area contributed by atoms with Crippen LogP contribution in [0.3, 0.4) is 0 Å². The van der Waals surface area contributed by atoms with Gasteiger partial charge in [-0.05, 0) is 43.5 Å². The van der Waals surface area contributed by atoms with Crippen LogP contribution in [-0.2, 0) is 11.3 Å². The average molecular weight is 430 g/mol. The molecule has 2 saturated heterocycles. The van der Waals surface area contributed by atoms with E-state index in [1.807, 2.05) is 31.2 Å². The SMILES string of the molecule is Cc1ccc(CN2C(=O)N[C@@]3(CCCN(C(=O)c4cc(Cl)ccc4F)C3)C2=O)cc1. The number of rotatable bonds is 3. The number of imide groups is 1. The first kappa shape index (κ1) is 20.3. The Morgan fingerprint density at radius 3 is 2.67 bits per heavy atom. The maximum Gasteiger partial charge on any atom is 0.325 e. The lowest BCUT2D eigenvalue weighted by Crippen LogP contribution is -2.59. The smallest absolute Gasteiger partial charge is 0.325 e. The zero-order valence-corrected chi connectivity index (χ0v) is 17.2. The Morgan fingerprint density at radius 1 is 1.20 bits per heavy atom. The van der Waals surface area contributed by atoms with Crippen molar-refractivity contribution in [1.29, 1.82) is 0 Å². The Labute approximate surface area is 178 Å². The predicted molar refractivity (Wildman–Crippen MR) is 110 cm³/mol. The fraction of sp³-hybridized carbons (Fsp3) is 0.318. The van der Waals surface area contributed by atoms with Gasteiger partial charge in [-0.1, -0.05) is 41.4 Å². The molecule has 4 amide bonds. The molecule has 4 rings (SSSR count). The number of amides is 4. The molecule has 0 radical (unpaired) electrons. The van der Waals surface area contributed by atoms with Gasteiger partial charge in [-0.3, -0.25) is 14.5 Å². The van der Waals surface area contributed by atoms with E-state index in [4.69, 9.17) is 11.6 Å². The minimum absolute atomic E-state index is 0.00718. The van der Waals surface area contributed by atoms with Gasteiger partial charge in [0.15, 0.2) is 0 Å². The largest absolute Gasteiger partial charge is 0.336 e. The summed E-state index contributed by atoms with van der Waals surface area (Å²) in [6.45, 7) is 2.48. The van der Waals surface area contributed by atoms with Crippen LogP contribution in [0.5, 0.6) is 0 Å². The van der Waals surface area contributed by atoms with Crippen molar-refractivity contribution in [3.8, 4) is 0 Å². The summed E-state index contributed by atoms with van der Waals surface area (Å²) in [6, 6.07) is 10.9. The fourth-order valence-corrected chi connectivity index (χ4v) is 4.21. The zero-order valence-electron chi connectivity index (χ0n) is 16.5. The van der Waals surface area contributed by atoms with Crippen molar-refractivity contribution in [3.05, 3.63) is 70.0 Å². The number of likely N-dealkylation sites (tertiary alicyclic amines) is 1. The second-order valence-corrected chi connectivity index (χ2v) is 8.28. The van der Waals surface area contributed by atoms with E-state index in [0.29, 0.717) is 19.4 Å². The van der Waals surface area contributed by atoms with Crippen molar-refractivity contribution >= 4 is 29.4 Å². The number of piperidine rings is 1. The number of urea groups is 1. The van der Waals surface area contributed by atoms with E-state index in [1.54, 1.807) is 0 Å². The quantitative estimate of drug-likeness (QED) is 0.759. The third-order valence-electron chi connectivity index (χ3n) is 5.65. The first-order valence-electron chi connectivity index (χ1n) is 9.73. The van der Waals surface area contributed by atoms with Gasteiger partial charge in [-0.2, -0.15) is 0 Å². The van der Waals surface area contributed by atoms with Gasteiger partial charge >= 0.3 is 6.03 Å². The molecule has 2 aliphatic rings. The zero-order chi connectivity index (χ0) is 21.5. The summed E-state index contributed by atoms with van der Waals surface area (Å²) < 4.78 is 14.2. The number of hydrogen-bond donors (Lipinski definition) is 1. The lowest BCUT2D eigenvalue weighted by molar-refractivity contribution is -0.133. The maximum absolute atomic E-state index is 14.2. The highest BCUT2D eigenvalue weighted by Gasteiger charge is 2.53. The first-order chi connectivity index (χ1) is 14.3. The summed E-state index contributed by atoms with van der Waals surface area (Å²) >= 11 is 5.91. The number of nitrogens with one attached hydrogen (secondary N) is 1. The summed E-state index contributed by atoms with van der Waals surface area (Å²) in [7, 11) is 0. The number of benzene rings is 2. The molecule has 2 fully saturated rings. The van der Waals surface area contributed by atoms with Gasteiger partial charge in [0.1, 0.15) is 11.4 Å². The van der Waals surface area contributed by atoms with Crippen molar-refractivity contribution in [2.75, 3.05) is 13.1 Å². The van der Waals surface area contributed by atoms with Crippen LogP contribution in [0.15, 0.2) is 42.5 Å². The van der Waals surface area contributed by atoms with Gasteiger partial charge in [-0.15, -0.1) is 0 Å². The Balaban J connectivity index is 1.54. The van der Waals surface area contributed by atoms with E-state index in [-0.39, 0.29) is 29.6 Å². The normalized spacial score (nSPS) is 21.3. The number of carbonyl (C=O) groups excluding carboxylic acids is 3. The molecule has 30 heavy (non-hydrogen) atoms. The molecule has 1 atom stereocenters. The number of aryl methyl sites for hydroxylation is 1. The molecule has 1 N–H and O–H groups in total. The van der Waals surface area contributed by atoms with Crippen LogP contribution in [0.25, 0.3) is 0 Å². The van der Waals surface area contributed by atoms with Crippen LogP contribution in [0.2, 0.25) is 5.02 Å². The predicted octanol–water partition coefficient (Wildman–Crippen LogP) is 3.51. The summed E-state index contributed by atoms with van der Waals surface area (Å²) in [6.07, 6.45) is 0.933. The number of carbonyl (C=O) groups is 3. The molecule has 0 saturated carbocycles. The van der Waals surface area contributed by atoms with E-state index in [0.717, 1.165) is 17.2 Å². The van der Waals surface area contributed by atoms with Gasteiger partial charge in [0.2, 0.25) is 0 Å². The van der Waals surface area contributed by atoms with Crippen LogP contribution in [0.4, 0.5) is 9.18 Å². The third kappa shape index (κ3) is 3.65. The van der Waals surface area contributed by atoms with Crippen LogP contribution in [0.1, 0.15) is 34.3 Å². The van der Waals surface area contributed by atoms with Crippen molar-refractivity contribution in [2.45, 2.75) is 31.8 Å². The van der Waals surface area contributed by atoms with Crippen LogP contribution < -0.4 is 5.32 Å². The van der Waals surface area contributed by atoms with E-state index in [1.165, 1.54) is 21.9 Å². The van der Waals surface area contributed by atoms with Gasteiger partial charge in [0.25, 0.3) is 11.8 Å². The monoisotopic (exact) mass is 429 g/mol. The average Bonchev–Trinajstić information content (AvgIpc) is 2.94. The highest BCUT2D eigenvalue weighted by Crippen LogP contribution is 2.30. The molecule has 0 aromatic heterocycles. The van der Waals surface area contributed by atoms with Crippen LogP contribution in [-0.4, -0.2) is 46.3 Å². The van der Waals surface area contributed by atoms with Crippen LogP contribution in [0, 0.1) is 12.7 Å². The van der Waals surface area contributed by atoms with Gasteiger partial charge in [0, 0.05) is 11.6 Å². The molecule has 8 heteroatoms. The van der Waals surface area contributed by atoms with Crippen molar-refractivity contribution < 1.29 is 18.8 Å². The van der Waals surface area contributed by atoms with E-state index in [2.05, 4.69) is 5.32 Å². The van der Waals surface area contributed by atoms with Crippen LogP contribution >= 0.6 is 11.6 Å². The second kappa shape index (κ2) is 7.72. The summed E-state index contributed by atoms with van der Waals surface area (Å²) in [5.41, 5.74) is 0.589. The molecule has 2 heterocycles. The molecular formula is C22H21ClFN3O3. The second-order valence-electron chi connectivity index (χ2n) is 7.84. The van der Waals surface area contributed by atoms with E-state index >= 15 is 0 Å².